The molecule has 0 radical (unpaired) electrons. The summed E-state index contributed by atoms with van der Waals surface area (Å²) in [5.41, 5.74) is 1.85. The number of aromatic nitrogens is 2. The van der Waals surface area contributed by atoms with Crippen LogP contribution in [0.4, 0.5) is 11.5 Å². The highest BCUT2D eigenvalue weighted by molar-refractivity contribution is 5.94. The summed E-state index contributed by atoms with van der Waals surface area (Å²) < 4.78 is 5.25. The second-order valence-electron chi connectivity index (χ2n) is 6.20. The molecule has 2 heterocycles. The van der Waals surface area contributed by atoms with Crippen LogP contribution in [-0.2, 0) is 14.4 Å². The van der Waals surface area contributed by atoms with Crippen LogP contribution in [0.25, 0.3) is 0 Å². The largest absolute Gasteiger partial charge is 0.462 e. The number of nitrogens with zero attached hydrogens (tertiary/aromatic N) is 3. The van der Waals surface area contributed by atoms with Gasteiger partial charge in [0.15, 0.2) is 0 Å². The molecule has 1 aliphatic heterocycles. The predicted molar refractivity (Wildman–Crippen MR) is 98.4 cm³/mol. The quantitative estimate of drug-likeness (QED) is 0.291. The maximum Gasteiger partial charge on any atom is 0.336 e. The normalized spacial score (nSPS) is 15.3. The van der Waals surface area contributed by atoms with Crippen LogP contribution in [0, 0.1) is 20.2 Å². The highest BCUT2D eigenvalue weighted by Gasteiger charge is 2.35. The highest BCUT2D eigenvalue weighted by atomic mass is 16.9. The van der Waals surface area contributed by atoms with Gasteiger partial charge in [-0.15, -0.1) is 10.1 Å². The monoisotopic (exact) mass is 403 g/mol. The molecule has 3 rings (SSSR count). The number of rotatable bonds is 8. The molecule has 152 valence electrons. The second-order valence-corrected chi connectivity index (χ2v) is 6.20. The topological polar surface area (TPSA) is 163 Å². The van der Waals surface area contributed by atoms with E-state index in [1.54, 1.807) is 19.1 Å². The number of benzene rings is 1. The summed E-state index contributed by atoms with van der Waals surface area (Å²) in [7, 11) is 0. The third-order valence-corrected chi connectivity index (χ3v) is 4.34. The maximum absolute atomic E-state index is 12.8. The van der Waals surface area contributed by atoms with Gasteiger partial charge in [0.1, 0.15) is 5.82 Å². The number of H-pyrrole nitrogens is 1. The number of hydrogen-bond donors (Lipinski definition) is 2. The summed E-state index contributed by atoms with van der Waals surface area (Å²) in [4.78, 5) is 37.8. The van der Waals surface area contributed by atoms with E-state index in [0.717, 1.165) is 0 Å². The van der Waals surface area contributed by atoms with Crippen molar-refractivity contribution in [1.82, 2.24) is 10.2 Å². The lowest BCUT2D eigenvalue weighted by Crippen LogP contribution is -2.24. The number of allylic oxidation sites excluding steroid dienone is 1. The second kappa shape index (κ2) is 8.37. The number of esters is 1. The average Bonchev–Trinajstić information content (AvgIpc) is 3.14. The van der Waals surface area contributed by atoms with Crippen molar-refractivity contribution >= 4 is 17.5 Å². The van der Waals surface area contributed by atoms with Crippen molar-refractivity contribution in [2.45, 2.75) is 19.3 Å². The Morgan fingerprint density at radius 3 is 2.79 bits per heavy atom. The Balaban J connectivity index is 1.87. The van der Waals surface area contributed by atoms with Gasteiger partial charge in [0, 0.05) is 35.7 Å². The number of nitrogens with one attached hydrogen (secondary N) is 2. The zero-order valence-corrected chi connectivity index (χ0v) is 15.3. The molecule has 2 aromatic rings. The Kier molecular flexibility index (Phi) is 5.71. The minimum atomic E-state index is -0.918. The van der Waals surface area contributed by atoms with E-state index in [-0.39, 0.29) is 30.9 Å². The van der Waals surface area contributed by atoms with Gasteiger partial charge in [0.05, 0.1) is 29.9 Å². The van der Waals surface area contributed by atoms with Gasteiger partial charge in [-0.1, -0.05) is 12.1 Å². The van der Waals surface area contributed by atoms with Crippen molar-refractivity contribution < 1.29 is 24.4 Å². The molecule has 29 heavy (non-hydrogen) atoms. The van der Waals surface area contributed by atoms with Gasteiger partial charge in [-0.05, 0) is 12.5 Å². The number of anilines is 1. The Labute approximate surface area is 163 Å². The summed E-state index contributed by atoms with van der Waals surface area (Å²) in [5.74, 6) is -0.693. The average molecular weight is 403 g/mol. The van der Waals surface area contributed by atoms with E-state index in [9.17, 15) is 25.0 Å². The molecule has 1 unspecified atom stereocenters. The number of hydrogen-bond acceptors (Lipinski definition) is 9. The van der Waals surface area contributed by atoms with E-state index in [0.29, 0.717) is 22.6 Å². The van der Waals surface area contributed by atoms with E-state index in [1.807, 2.05) is 0 Å². The summed E-state index contributed by atoms with van der Waals surface area (Å²) in [6.45, 7) is 1.40. The molecule has 1 atom stereocenters. The summed E-state index contributed by atoms with van der Waals surface area (Å²) in [6.07, 6.45) is 1.68. The zero-order chi connectivity index (χ0) is 21.0. The Hall–Kier alpha value is -3.96. The molecule has 12 heteroatoms. The Morgan fingerprint density at radius 1 is 1.28 bits per heavy atom. The summed E-state index contributed by atoms with van der Waals surface area (Å²) in [6, 6.07) is 6.00. The smallest absolute Gasteiger partial charge is 0.336 e. The van der Waals surface area contributed by atoms with Crippen molar-refractivity contribution in [3.63, 3.8) is 0 Å². The Morgan fingerprint density at radius 2 is 2.07 bits per heavy atom. The molecule has 1 aromatic heterocycles. The van der Waals surface area contributed by atoms with Gasteiger partial charge in [-0.2, -0.15) is 5.10 Å². The first-order valence-electron chi connectivity index (χ1n) is 8.58. The van der Waals surface area contributed by atoms with Gasteiger partial charge < -0.3 is 14.9 Å². The van der Waals surface area contributed by atoms with Gasteiger partial charge in [0.2, 0.25) is 0 Å². The van der Waals surface area contributed by atoms with Crippen molar-refractivity contribution in [2.24, 2.45) is 0 Å². The minimum Gasteiger partial charge on any atom is -0.462 e. The van der Waals surface area contributed by atoms with Crippen LogP contribution < -0.4 is 5.32 Å². The molecule has 1 aliphatic rings. The molecule has 0 aliphatic carbocycles. The van der Waals surface area contributed by atoms with Crippen LogP contribution in [-0.4, -0.2) is 39.4 Å². The zero-order valence-electron chi connectivity index (χ0n) is 15.3. The van der Waals surface area contributed by atoms with Crippen molar-refractivity contribution in [2.75, 3.05) is 18.5 Å². The van der Waals surface area contributed by atoms with Crippen LogP contribution in [0.2, 0.25) is 0 Å². The van der Waals surface area contributed by atoms with Gasteiger partial charge in [-0.25, -0.2) is 4.79 Å². The molecule has 0 spiro atoms. The fraction of sp³-hybridized carbons (Fsp3) is 0.294. The molecule has 0 fully saturated rings. The number of ether oxygens (including phenoxy) is 1. The number of non-ortho nitro benzene ring substituents is 1. The Bertz CT molecular complexity index is 984. The standard InChI is InChI=1S/C17H17N5O7/c1-10-14(17(23)28-6-3-7-29-22(26)27)15(13-9-18-20-16(13)19-10)11-4-2-5-12(8-11)21(24)25/h2,4-5,8-9,15H,3,6-7H2,1H3,(H2,18,19,20). The highest BCUT2D eigenvalue weighted by Crippen LogP contribution is 2.41. The molecule has 0 saturated carbocycles. The number of carbonyl (C=O) groups is 1. The number of aromatic amines is 1. The molecular weight excluding hydrogens is 386 g/mol. The number of nitro benzene ring substituents is 1. The molecular formula is C17H17N5O7. The van der Waals surface area contributed by atoms with Crippen LogP contribution in [0.1, 0.15) is 30.4 Å². The van der Waals surface area contributed by atoms with Gasteiger partial charge in [0.25, 0.3) is 10.8 Å². The molecule has 1 aromatic carbocycles. The minimum absolute atomic E-state index is 0.0800. The van der Waals surface area contributed by atoms with Crippen molar-refractivity contribution in [1.29, 1.82) is 0 Å². The molecule has 2 N–H and O–H groups in total. The third kappa shape index (κ3) is 4.31. The van der Waals surface area contributed by atoms with Gasteiger partial charge >= 0.3 is 5.97 Å². The SMILES string of the molecule is CC1=C(C(=O)OCCCO[N+](=O)[O-])C(c2cccc([N+](=O)[O-])c2)c2cn[nH]c2N1. The lowest BCUT2D eigenvalue weighted by atomic mass is 9.82. The first kappa shape index (κ1) is 19.8. The van der Waals surface area contributed by atoms with Crippen molar-refractivity contribution in [3.05, 3.63) is 73.1 Å². The number of carbonyl (C=O) groups excluding carboxylic acids is 1. The van der Waals surface area contributed by atoms with Crippen LogP contribution >= 0.6 is 0 Å². The fourth-order valence-electron chi connectivity index (χ4n) is 3.12. The lowest BCUT2D eigenvalue weighted by molar-refractivity contribution is -0.757. The first-order chi connectivity index (χ1) is 13.9. The van der Waals surface area contributed by atoms with Crippen LogP contribution in [0.15, 0.2) is 41.7 Å². The van der Waals surface area contributed by atoms with E-state index in [4.69, 9.17) is 4.74 Å². The van der Waals surface area contributed by atoms with E-state index in [2.05, 4.69) is 20.4 Å². The van der Waals surface area contributed by atoms with E-state index in [1.165, 1.54) is 18.3 Å². The lowest BCUT2D eigenvalue weighted by Gasteiger charge is -2.27. The fourth-order valence-corrected chi connectivity index (χ4v) is 3.12. The third-order valence-electron chi connectivity index (χ3n) is 4.34. The van der Waals surface area contributed by atoms with Crippen molar-refractivity contribution in [3.8, 4) is 0 Å². The number of fused-ring (bicyclic) bond motifs is 1. The van der Waals surface area contributed by atoms with E-state index < -0.39 is 21.9 Å². The first-order valence-corrected chi connectivity index (χ1v) is 8.58. The maximum atomic E-state index is 12.8. The van der Waals surface area contributed by atoms with Crippen LogP contribution in [0.5, 0.6) is 0 Å². The molecule has 0 amide bonds. The number of nitro groups is 1. The van der Waals surface area contributed by atoms with E-state index >= 15 is 0 Å². The summed E-state index contributed by atoms with van der Waals surface area (Å²) in [5, 5.41) is 30.2. The molecule has 12 nitrogen and oxygen atoms in total. The summed E-state index contributed by atoms with van der Waals surface area (Å²) >= 11 is 0. The molecule has 0 bridgehead atoms. The molecule has 0 saturated heterocycles. The van der Waals surface area contributed by atoms with Gasteiger partial charge in [-0.3, -0.25) is 15.2 Å². The predicted octanol–water partition coefficient (Wildman–Crippen LogP) is 2.29. The van der Waals surface area contributed by atoms with Crippen LogP contribution in [0.3, 0.4) is 0 Å².